The zero-order valence-corrected chi connectivity index (χ0v) is 10.8. The molecule has 0 aliphatic carbocycles. The fraction of sp³-hybridized carbons (Fsp3) is 0.364. The fourth-order valence-electron chi connectivity index (χ4n) is 1.43. The Morgan fingerprint density at radius 1 is 1.44 bits per heavy atom. The van der Waals surface area contributed by atoms with Crippen molar-refractivity contribution in [1.29, 1.82) is 0 Å². The molecule has 2 N–H and O–H groups in total. The minimum atomic E-state index is -3.64. The Morgan fingerprint density at radius 2 is 2.06 bits per heavy atom. The highest BCUT2D eigenvalue weighted by molar-refractivity contribution is 7.92. The van der Waals surface area contributed by atoms with E-state index in [0.717, 1.165) is 18.2 Å². The molecule has 0 bridgehead atoms. The van der Waals surface area contributed by atoms with Crippen molar-refractivity contribution >= 4 is 21.7 Å². The monoisotopic (exact) mass is 275 g/mol. The Morgan fingerprint density at radius 3 is 2.56 bits per heavy atom. The van der Waals surface area contributed by atoms with Crippen LogP contribution >= 0.6 is 0 Å². The van der Waals surface area contributed by atoms with Gasteiger partial charge in [0.25, 0.3) is 0 Å². The van der Waals surface area contributed by atoms with Crippen molar-refractivity contribution in [3.8, 4) is 0 Å². The molecule has 0 saturated carbocycles. The van der Waals surface area contributed by atoms with Crippen molar-refractivity contribution in [3.05, 3.63) is 29.6 Å². The van der Waals surface area contributed by atoms with Gasteiger partial charge in [0.1, 0.15) is 5.82 Å². The Bertz CT molecular complexity index is 554. The lowest BCUT2D eigenvalue weighted by molar-refractivity contribution is 0.0697. The molecule has 0 radical (unpaired) electrons. The molecule has 0 amide bonds. The molecule has 1 aromatic carbocycles. The average Bonchev–Trinajstić information content (AvgIpc) is 2.18. The van der Waals surface area contributed by atoms with E-state index in [1.165, 1.54) is 0 Å². The smallest absolute Gasteiger partial charge is 0.337 e. The van der Waals surface area contributed by atoms with Crippen LogP contribution in [0.3, 0.4) is 0 Å². The predicted molar refractivity (Wildman–Crippen MR) is 65.6 cm³/mol. The average molecular weight is 275 g/mol. The Kier molecular flexibility index (Phi) is 4.28. The number of nitrogens with one attached hydrogen (secondary N) is 1. The van der Waals surface area contributed by atoms with Crippen LogP contribution in [-0.4, -0.2) is 25.2 Å². The van der Waals surface area contributed by atoms with E-state index in [-0.39, 0.29) is 17.4 Å². The predicted octanol–water partition coefficient (Wildman–Crippen LogP) is 1.92. The van der Waals surface area contributed by atoms with Crippen LogP contribution in [0.1, 0.15) is 24.2 Å². The van der Waals surface area contributed by atoms with E-state index in [1.54, 1.807) is 13.8 Å². The third-order valence-electron chi connectivity index (χ3n) is 2.03. The quantitative estimate of drug-likeness (QED) is 0.860. The molecule has 0 atom stereocenters. The second-order valence-corrected chi connectivity index (χ2v) is 6.04. The van der Waals surface area contributed by atoms with Crippen LogP contribution in [0.2, 0.25) is 0 Å². The molecule has 5 nitrogen and oxygen atoms in total. The van der Waals surface area contributed by atoms with Crippen LogP contribution in [0, 0.1) is 11.7 Å². The summed E-state index contributed by atoms with van der Waals surface area (Å²) in [5.41, 5.74) is -0.549. The number of carboxylic acids is 1. The first-order valence-electron chi connectivity index (χ1n) is 5.24. The maximum atomic E-state index is 12.9. The lowest BCUT2D eigenvalue weighted by Gasteiger charge is -2.11. The maximum Gasteiger partial charge on any atom is 0.337 e. The summed E-state index contributed by atoms with van der Waals surface area (Å²) in [5, 5.41) is 8.87. The Balaban J connectivity index is 3.08. The van der Waals surface area contributed by atoms with Crippen LogP contribution in [0.5, 0.6) is 0 Å². The minimum Gasteiger partial charge on any atom is -0.478 e. The van der Waals surface area contributed by atoms with E-state index in [0.29, 0.717) is 0 Å². The van der Waals surface area contributed by atoms with Crippen LogP contribution in [0.4, 0.5) is 10.1 Å². The number of hydrogen-bond acceptors (Lipinski definition) is 3. The van der Waals surface area contributed by atoms with Crippen LogP contribution in [0.25, 0.3) is 0 Å². The van der Waals surface area contributed by atoms with Crippen molar-refractivity contribution < 1.29 is 22.7 Å². The van der Waals surface area contributed by atoms with Gasteiger partial charge in [-0.1, -0.05) is 13.8 Å². The zero-order valence-electron chi connectivity index (χ0n) is 9.97. The largest absolute Gasteiger partial charge is 0.478 e. The highest BCUT2D eigenvalue weighted by Gasteiger charge is 2.18. The second-order valence-electron chi connectivity index (χ2n) is 4.27. The fourth-order valence-corrected chi connectivity index (χ4v) is 2.90. The van der Waals surface area contributed by atoms with E-state index in [2.05, 4.69) is 4.72 Å². The highest BCUT2D eigenvalue weighted by Crippen LogP contribution is 2.19. The summed E-state index contributed by atoms with van der Waals surface area (Å²) in [6.07, 6.45) is 0. The number of rotatable bonds is 5. The first-order chi connectivity index (χ1) is 8.21. The number of benzene rings is 1. The maximum absolute atomic E-state index is 12.9. The van der Waals surface area contributed by atoms with Crippen molar-refractivity contribution in [1.82, 2.24) is 0 Å². The normalized spacial score (nSPS) is 11.6. The molecular weight excluding hydrogens is 261 g/mol. The molecule has 0 fully saturated rings. The van der Waals surface area contributed by atoms with E-state index in [9.17, 15) is 17.6 Å². The molecule has 0 aliphatic rings. The summed E-state index contributed by atoms with van der Waals surface area (Å²) >= 11 is 0. The summed E-state index contributed by atoms with van der Waals surface area (Å²) in [7, 11) is -3.64. The van der Waals surface area contributed by atoms with Gasteiger partial charge in [-0.3, -0.25) is 4.72 Å². The molecule has 100 valence electrons. The number of aromatic carboxylic acids is 1. The Hall–Kier alpha value is -1.63. The second kappa shape index (κ2) is 5.34. The Labute approximate surface area is 105 Å². The first kappa shape index (κ1) is 14.4. The van der Waals surface area contributed by atoms with Crippen LogP contribution < -0.4 is 4.72 Å². The number of carbonyl (C=O) groups is 1. The number of halogens is 1. The van der Waals surface area contributed by atoms with Gasteiger partial charge >= 0.3 is 5.97 Å². The van der Waals surface area contributed by atoms with Gasteiger partial charge in [-0.05, 0) is 24.1 Å². The zero-order chi connectivity index (χ0) is 13.9. The first-order valence-corrected chi connectivity index (χ1v) is 6.90. The van der Waals surface area contributed by atoms with Gasteiger partial charge in [0, 0.05) is 0 Å². The molecule has 0 unspecified atom stereocenters. The lowest BCUT2D eigenvalue weighted by atomic mass is 10.2. The molecule has 0 spiro atoms. The van der Waals surface area contributed by atoms with Crippen LogP contribution in [0.15, 0.2) is 18.2 Å². The standard InChI is InChI=1S/C11H14FNO4S/c1-7(2)6-18(16,17)13-10-4-3-8(12)5-9(10)11(14)15/h3-5,7,13H,6H2,1-2H3,(H,14,15). The summed E-state index contributed by atoms with van der Waals surface area (Å²) < 4.78 is 38.4. The van der Waals surface area contributed by atoms with Crippen molar-refractivity contribution in [2.24, 2.45) is 5.92 Å². The number of anilines is 1. The van der Waals surface area contributed by atoms with E-state index < -0.39 is 27.4 Å². The van der Waals surface area contributed by atoms with Crippen molar-refractivity contribution in [3.63, 3.8) is 0 Å². The van der Waals surface area contributed by atoms with Gasteiger partial charge in [-0.15, -0.1) is 0 Å². The molecule has 0 heterocycles. The van der Waals surface area contributed by atoms with Gasteiger partial charge in [-0.2, -0.15) is 0 Å². The van der Waals surface area contributed by atoms with Gasteiger partial charge in [0.15, 0.2) is 0 Å². The minimum absolute atomic E-state index is 0.101. The van der Waals surface area contributed by atoms with Gasteiger partial charge in [0.05, 0.1) is 17.0 Å². The molecule has 18 heavy (non-hydrogen) atoms. The van der Waals surface area contributed by atoms with Gasteiger partial charge in [0.2, 0.25) is 10.0 Å². The number of hydrogen-bond donors (Lipinski definition) is 2. The third kappa shape index (κ3) is 3.99. The van der Waals surface area contributed by atoms with E-state index >= 15 is 0 Å². The molecule has 0 aliphatic heterocycles. The van der Waals surface area contributed by atoms with Crippen LogP contribution in [-0.2, 0) is 10.0 Å². The molecular formula is C11H14FNO4S. The molecule has 0 saturated heterocycles. The van der Waals surface area contributed by atoms with Crippen molar-refractivity contribution in [2.45, 2.75) is 13.8 Å². The molecule has 7 heteroatoms. The van der Waals surface area contributed by atoms with Gasteiger partial charge in [-0.25, -0.2) is 17.6 Å². The van der Waals surface area contributed by atoms with E-state index in [4.69, 9.17) is 5.11 Å². The van der Waals surface area contributed by atoms with Crippen molar-refractivity contribution in [2.75, 3.05) is 10.5 Å². The number of carboxylic acid groups (broad SMARTS) is 1. The SMILES string of the molecule is CC(C)CS(=O)(=O)Nc1ccc(F)cc1C(=O)O. The summed E-state index contributed by atoms with van der Waals surface area (Å²) in [4.78, 5) is 10.9. The summed E-state index contributed by atoms with van der Waals surface area (Å²) in [6.45, 7) is 3.45. The number of sulfonamides is 1. The molecule has 1 aromatic rings. The third-order valence-corrected chi connectivity index (χ3v) is 3.67. The highest BCUT2D eigenvalue weighted by atomic mass is 32.2. The summed E-state index contributed by atoms with van der Waals surface area (Å²) in [6, 6.07) is 2.87. The lowest BCUT2D eigenvalue weighted by Crippen LogP contribution is -2.21. The summed E-state index contributed by atoms with van der Waals surface area (Å²) in [5.74, 6) is -2.36. The molecule has 1 rings (SSSR count). The van der Waals surface area contributed by atoms with E-state index in [1.807, 2.05) is 0 Å². The topological polar surface area (TPSA) is 83.5 Å². The van der Waals surface area contributed by atoms with Gasteiger partial charge < -0.3 is 5.11 Å². The molecule has 0 aromatic heterocycles.